The van der Waals surface area contributed by atoms with Crippen LogP contribution in [0.3, 0.4) is 0 Å². The molecule has 1 aromatic heterocycles. The van der Waals surface area contributed by atoms with Crippen LogP contribution in [0.4, 0.5) is 0 Å². The Kier molecular flexibility index (Phi) is 16.3. The van der Waals surface area contributed by atoms with Gasteiger partial charge in [0.2, 0.25) is 0 Å². The number of allylic oxidation sites excluding steroid dienone is 6. The summed E-state index contributed by atoms with van der Waals surface area (Å²) in [7, 11) is 0. The first-order chi connectivity index (χ1) is 18.5. The van der Waals surface area contributed by atoms with Crippen molar-refractivity contribution in [1.82, 2.24) is 5.16 Å². The fourth-order valence-electron chi connectivity index (χ4n) is 3.87. The van der Waals surface area contributed by atoms with Gasteiger partial charge in [0.25, 0.3) is 0 Å². The first-order valence-corrected chi connectivity index (χ1v) is 13.9. The molecule has 0 saturated heterocycles. The van der Waals surface area contributed by atoms with Crippen molar-refractivity contribution < 1.29 is 23.9 Å². The zero-order chi connectivity index (χ0) is 28.3. The minimum atomic E-state index is -1.03. The first-order valence-electron chi connectivity index (χ1n) is 13.5. The third-order valence-corrected chi connectivity index (χ3v) is 5.70. The summed E-state index contributed by atoms with van der Waals surface area (Å²) < 4.78 is 17.1. The topological polar surface area (TPSA) is 81.8 Å². The molecule has 0 saturated carbocycles. The van der Waals surface area contributed by atoms with Crippen LogP contribution in [0.15, 0.2) is 76.5 Å². The van der Waals surface area contributed by atoms with Gasteiger partial charge in [0.1, 0.15) is 23.3 Å². The van der Waals surface area contributed by atoms with E-state index < -0.39 is 12.6 Å². The van der Waals surface area contributed by atoms with Crippen molar-refractivity contribution in [3.63, 3.8) is 0 Å². The lowest BCUT2D eigenvalue weighted by Crippen LogP contribution is -2.09. The lowest BCUT2D eigenvalue weighted by molar-refractivity contribution is -0.139. The maximum absolute atomic E-state index is 10.9. The van der Waals surface area contributed by atoms with Crippen LogP contribution in [0.5, 0.6) is 5.75 Å². The summed E-state index contributed by atoms with van der Waals surface area (Å²) in [4.78, 5) is 10.9. The lowest BCUT2D eigenvalue weighted by atomic mass is 9.95. The number of aliphatic carboxylic acids is 1. The van der Waals surface area contributed by atoms with Crippen LogP contribution >= 0.6 is 11.6 Å². The number of hydrogen-bond donors (Lipinski definition) is 1. The summed E-state index contributed by atoms with van der Waals surface area (Å²) in [5.74, 6) is 0.0767. The number of rotatable bonds is 12. The zero-order valence-corrected chi connectivity index (χ0v) is 24.1. The maximum Gasteiger partial charge on any atom is 0.341 e. The molecule has 0 fully saturated rings. The van der Waals surface area contributed by atoms with E-state index in [4.69, 9.17) is 30.7 Å². The molecular formula is C31H42ClNO5. The minimum absolute atomic E-state index is 0.126. The number of unbranched alkanes of at least 4 members (excludes halogenated alkanes) is 2. The van der Waals surface area contributed by atoms with Crippen molar-refractivity contribution in [3.8, 4) is 5.75 Å². The zero-order valence-electron chi connectivity index (χ0n) is 23.3. The van der Waals surface area contributed by atoms with Crippen LogP contribution in [0.1, 0.15) is 78.8 Å². The van der Waals surface area contributed by atoms with Crippen molar-refractivity contribution in [2.24, 2.45) is 0 Å². The number of hydrogen-bond acceptors (Lipinski definition) is 5. The predicted molar refractivity (Wildman–Crippen MR) is 157 cm³/mol. The van der Waals surface area contributed by atoms with Gasteiger partial charge in [-0.15, -0.1) is 0 Å². The second kappa shape index (κ2) is 18.9. The van der Waals surface area contributed by atoms with Crippen LogP contribution in [-0.4, -0.2) is 28.9 Å². The van der Waals surface area contributed by atoms with Gasteiger partial charge in [0.05, 0.1) is 5.39 Å². The van der Waals surface area contributed by atoms with E-state index in [0.29, 0.717) is 17.1 Å². The van der Waals surface area contributed by atoms with E-state index in [1.165, 1.54) is 11.1 Å². The van der Waals surface area contributed by atoms with Gasteiger partial charge in [-0.1, -0.05) is 82.4 Å². The van der Waals surface area contributed by atoms with Gasteiger partial charge < -0.3 is 19.1 Å². The van der Waals surface area contributed by atoms with Crippen molar-refractivity contribution >= 4 is 34.1 Å². The number of aromatic nitrogens is 1. The summed E-state index contributed by atoms with van der Waals surface area (Å²) in [6.45, 7) is 13.6. The molecule has 1 aliphatic carbocycles. The number of benzene rings is 1. The van der Waals surface area contributed by atoms with E-state index in [-0.39, 0.29) is 6.10 Å². The van der Waals surface area contributed by atoms with E-state index in [1.807, 2.05) is 33.8 Å². The predicted octanol–water partition coefficient (Wildman–Crippen LogP) is 9.24. The summed E-state index contributed by atoms with van der Waals surface area (Å²) in [6, 6.07) is 5.21. The molecule has 0 spiro atoms. The quantitative estimate of drug-likeness (QED) is 0.163. The first kappa shape index (κ1) is 32.8. The van der Waals surface area contributed by atoms with Crippen molar-refractivity contribution in [2.75, 3.05) is 6.61 Å². The summed E-state index contributed by atoms with van der Waals surface area (Å²) in [5.41, 5.74) is 5.08. The SMILES string of the molecule is C=C/C(=C\C=C\Cl)OC1C=CC(c2noc3ccc(OCC(=O)O)cc23)=C(CCCCC)CC1.CC.CC. The highest BCUT2D eigenvalue weighted by Crippen LogP contribution is 2.35. The molecule has 0 radical (unpaired) electrons. The third-order valence-electron chi connectivity index (χ3n) is 5.55. The van der Waals surface area contributed by atoms with E-state index in [1.54, 1.807) is 36.4 Å². The van der Waals surface area contributed by atoms with Gasteiger partial charge in [-0.3, -0.25) is 0 Å². The normalized spacial score (nSPS) is 15.3. The van der Waals surface area contributed by atoms with Crippen molar-refractivity contribution in [3.05, 3.63) is 77.7 Å². The molecule has 1 atom stereocenters. The van der Waals surface area contributed by atoms with Gasteiger partial charge in [0, 0.05) is 11.1 Å². The van der Waals surface area contributed by atoms with Crippen LogP contribution < -0.4 is 4.74 Å². The Morgan fingerprint density at radius 2 is 2.03 bits per heavy atom. The molecule has 1 aromatic carbocycles. The average Bonchev–Trinajstić information content (AvgIpc) is 3.26. The van der Waals surface area contributed by atoms with Crippen LogP contribution in [-0.2, 0) is 9.53 Å². The molecular weight excluding hydrogens is 502 g/mol. The molecule has 6 nitrogen and oxygen atoms in total. The fourth-order valence-corrected chi connectivity index (χ4v) is 3.94. The van der Waals surface area contributed by atoms with E-state index in [2.05, 4.69) is 24.7 Å². The number of halogens is 1. The Balaban J connectivity index is 0.00000172. The number of carbonyl (C=O) groups is 1. The van der Waals surface area contributed by atoms with Gasteiger partial charge in [0.15, 0.2) is 12.2 Å². The molecule has 7 heteroatoms. The van der Waals surface area contributed by atoms with Crippen molar-refractivity contribution in [1.29, 1.82) is 0 Å². The van der Waals surface area contributed by atoms with Crippen LogP contribution in [0, 0.1) is 0 Å². The Bertz CT molecular complexity index is 1130. The van der Waals surface area contributed by atoms with Crippen molar-refractivity contribution in [2.45, 2.75) is 79.2 Å². The molecule has 38 heavy (non-hydrogen) atoms. The highest BCUT2D eigenvalue weighted by Gasteiger charge is 2.21. The molecule has 2 aromatic rings. The molecule has 1 N–H and O–H groups in total. The minimum Gasteiger partial charge on any atom is -0.486 e. The van der Waals surface area contributed by atoms with Gasteiger partial charge in [-0.25, -0.2) is 4.79 Å². The van der Waals surface area contributed by atoms with Crippen LogP contribution in [0.2, 0.25) is 0 Å². The summed E-state index contributed by atoms with van der Waals surface area (Å²) in [5, 5.41) is 14.1. The Hall–Kier alpha value is -3.25. The molecule has 0 amide bonds. The monoisotopic (exact) mass is 543 g/mol. The summed E-state index contributed by atoms with van der Waals surface area (Å²) >= 11 is 5.63. The lowest BCUT2D eigenvalue weighted by Gasteiger charge is -2.16. The Morgan fingerprint density at radius 3 is 2.68 bits per heavy atom. The number of ether oxygens (including phenoxy) is 2. The Labute approximate surface area is 232 Å². The molecule has 3 rings (SSSR count). The fraction of sp³-hybridized carbons (Fsp3) is 0.419. The number of carboxylic acids is 1. The smallest absolute Gasteiger partial charge is 0.341 e. The number of carboxylic acid groups (broad SMARTS) is 1. The number of fused-ring (bicyclic) bond motifs is 1. The molecule has 1 unspecified atom stereocenters. The van der Waals surface area contributed by atoms with Gasteiger partial charge >= 0.3 is 5.97 Å². The second-order valence-corrected chi connectivity index (χ2v) is 8.24. The average molecular weight is 544 g/mol. The van der Waals surface area contributed by atoms with E-state index in [0.717, 1.165) is 55.2 Å². The highest BCUT2D eigenvalue weighted by atomic mass is 35.5. The van der Waals surface area contributed by atoms with Crippen LogP contribution in [0.25, 0.3) is 16.5 Å². The standard InChI is InChI=1S/C27H30ClNO5.2C2H6/c1-3-5-6-8-19-10-11-21(33-20(4-2)9-7-16-28)12-14-23(19)27-24-17-22(32-18-26(30)31)13-15-25(24)34-29-27;2*1-2/h4,7,9,12-17,21H,2-3,5-6,8,10-11,18H2,1H3,(H,30,31);2*1-2H3/b16-7+,20-9+;;. The van der Waals surface area contributed by atoms with Gasteiger partial charge in [-0.2, -0.15) is 0 Å². The Morgan fingerprint density at radius 1 is 1.26 bits per heavy atom. The largest absolute Gasteiger partial charge is 0.486 e. The maximum atomic E-state index is 10.9. The van der Waals surface area contributed by atoms with E-state index >= 15 is 0 Å². The van der Waals surface area contributed by atoms with E-state index in [9.17, 15) is 4.79 Å². The summed E-state index contributed by atoms with van der Waals surface area (Å²) in [6.07, 6.45) is 15.1. The molecule has 208 valence electrons. The van der Waals surface area contributed by atoms with Gasteiger partial charge in [-0.05, 0) is 68.2 Å². The molecule has 1 aliphatic rings. The molecule has 0 aliphatic heterocycles. The third kappa shape index (κ3) is 10.3. The highest BCUT2D eigenvalue weighted by molar-refractivity contribution is 6.25. The molecule has 0 bridgehead atoms. The molecule has 1 heterocycles. The second-order valence-electron chi connectivity index (χ2n) is 7.99. The number of nitrogens with zero attached hydrogens (tertiary/aromatic N) is 1.